The predicted molar refractivity (Wildman–Crippen MR) is 74.5 cm³/mol. The van der Waals surface area contributed by atoms with Crippen LogP contribution in [0.1, 0.15) is 17.8 Å². The lowest BCUT2D eigenvalue weighted by Gasteiger charge is -2.14. The van der Waals surface area contributed by atoms with Gasteiger partial charge in [-0.2, -0.15) is 13.2 Å². The van der Waals surface area contributed by atoms with Crippen LogP contribution in [0.15, 0.2) is 35.1 Å². The molecule has 0 fully saturated rings. The van der Waals surface area contributed by atoms with E-state index in [9.17, 15) is 13.2 Å². The van der Waals surface area contributed by atoms with Crippen LogP contribution < -0.4 is 5.32 Å². The molecule has 0 amide bonds. The molecule has 1 heterocycles. The third-order valence-corrected chi connectivity index (χ3v) is 3.24. The van der Waals surface area contributed by atoms with Gasteiger partial charge in [-0.15, -0.1) is 0 Å². The third-order valence-electron chi connectivity index (χ3n) is 2.75. The van der Waals surface area contributed by atoms with Gasteiger partial charge in [0.15, 0.2) is 0 Å². The monoisotopic (exact) mass is 347 g/mol. The van der Waals surface area contributed by atoms with E-state index in [2.05, 4.69) is 31.2 Å². The zero-order valence-electron chi connectivity index (χ0n) is 10.5. The van der Waals surface area contributed by atoms with E-state index in [0.29, 0.717) is 23.9 Å². The highest BCUT2D eigenvalue weighted by Gasteiger charge is 2.33. The second-order valence-corrected chi connectivity index (χ2v) is 5.17. The smallest absolute Gasteiger partial charge is 0.385 e. The van der Waals surface area contributed by atoms with Crippen molar-refractivity contribution in [1.82, 2.24) is 9.97 Å². The summed E-state index contributed by atoms with van der Waals surface area (Å²) in [4.78, 5) is 7.02. The lowest BCUT2D eigenvalue weighted by Crippen LogP contribution is -2.12. The fourth-order valence-electron chi connectivity index (χ4n) is 1.82. The van der Waals surface area contributed by atoms with Gasteiger partial charge in [0.05, 0.1) is 5.56 Å². The summed E-state index contributed by atoms with van der Waals surface area (Å²) in [7, 11) is 0. The Hall–Kier alpha value is -1.50. The highest BCUT2D eigenvalue weighted by molar-refractivity contribution is 9.10. The Morgan fingerprint density at radius 2 is 2.10 bits per heavy atom. The molecule has 0 aliphatic rings. The quantitative estimate of drug-likeness (QED) is 0.794. The van der Waals surface area contributed by atoms with E-state index in [0.717, 1.165) is 11.9 Å². The molecule has 1 aromatic carbocycles. The number of alkyl halides is 3. The van der Waals surface area contributed by atoms with Crippen LogP contribution in [0.25, 0.3) is 0 Å². The molecule has 1 aromatic heterocycles. The van der Waals surface area contributed by atoms with Crippen molar-refractivity contribution >= 4 is 21.6 Å². The molecule has 108 valence electrons. The summed E-state index contributed by atoms with van der Waals surface area (Å²) in [6.07, 6.45) is 0.397. The van der Waals surface area contributed by atoms with Gasteiger partial charge in [0.2, 0.25) is 0 Å². The molecule has 0 aliphatic heterocycles. The number of hydrogen-bond donors (Lipinski definition) is 2. The second-order valence-electron chi connectivity index (χ2n) is 4.25. The summed E-state index contributed by atoms with van der Waals surface area (Å²) in [5.74, 6) is 0.831. The Bertz CT molecular complexity index is 552. The van der Waals surface area contributed by atoms with Gasteiger partial charge in [-0.25, -0.2) is 4.98 Å². The van der Waals surface area contributed by atoms with Gasteiger partial charge < -0.3 is 10.3 Å². The molecule has 0 atom stereocenters. The SMILES string of the molecule is FC(F)(F)c1ccc(Br)cc1NCCCc1ncc[nH]1. The number of anilines is 1. The molecule has 3 nitrogen and oxygen atoms in total. The summed E-state index contributed by atoms with van der Waals surface area (Å²) in [6.45, 7) is 0.445. The van der Waals surface area contributed by atoms with Crippen molar-refractivity contribution in [3.05, 3.63) is 46.5 Å². The number of aryl methyl sites for hydroxylation is 1. The van der Waals surface area contributed by atoms with Crippen molar-refractivity contribution in [3.8, 4) is 0 Å². The molecule has 20 heavy (non-hydrogen) atoms. The molecule has 2 N–H and O–H groups in total. The molecule has 7 heteroatoms. The molecule has 0 aliphatic carbocycles. The first-order chi connectivity index (χ1) is 9.47. The van der Waals surface area contributed by atoms with Gasteiger partial charge in [-0.1, -0.05) is 15.9 Å². The number of H-pyrrole nitrogens is 1. The average Bonchev–Trinajstić information content (AvgIpc) is 2.86. The van der Waals surface area contributed by atoms with Crippen molar-refractivity contribution in [2.45, 2.75) is 19.0 Å². The van der Waals surface area contributed by atoms with Crippen LogP contribution in [0.4, 0.5) is 18.9 Å². The summed E-state index contributed by atoms with van der Waals surface area (Å²) in [5, 5.41) is 2.83. The fourth-order valence-corrected chi connectivity index (χ4v) is 2.18. The van der Waals surface area contributed by atoms with Crippen LogP contribution in [0.2, 0.25) is 0 Å². The van der Waals surface area contributed by atoms with Crippen LogP contribution >= 0.6 is 15.9 Å². The average molecular weight is 348 g/mol. The van der Waals surface area contributed by atoms with E-state index in [1.165, 1.54) is 12.1 Å². The molecule has 0 spiro atoms. The van der Waals surface area contributed by atoms with Crippen molar-refractivity contribution in [2.24, 2.45) is 0 Å². The van der Waals surface area contributed by atoms with Gasteiger partial charge in [-0.3, -0.25) is 0 Å². The van der Waals surface area contributed by atoms with Crippen LogP contribution in [0.3, 0.4) is 0 Å². The Morgan fingerprint density at radius 1 is 1.30 bits per heavy atom. The minimum atomic E-state index is -4.36. The largest absolute Gasteiger partial charge is 0.418 e. The van der Waals surface area contributed by atoms with E-state index in [1.54, 1.807) is 12.4 Å². The lowest BCUT2D eigenvalue weighted by atomic mass is 10.1. The van der Waals surface area contributed by atoms with Crippen LogP contribution in [-0.4, -0.2) is 16.5 Å². The first-order valence-corrected chi connectivity index (χ1v) is 6.85. The lowest BCUT2D eigenvalue weighted by molar-refractivity contribution is -0.137. The van der Waals surface area contributed by atoms with E-state index >= 15 is 0 Å². The number of nitrogens with zero attached hydrogens (tertiary/aromatic N) is 1. The zero-order valence-corrected chi connectivity index (χ0v) is 12.1. The maximum atomic E-state index is 12.8. The number of halogens is 4. The maximum absolute atomic E-state index is 12.8. The minimum absolute atomic E-state index is 0.0892. The number of nitrogens with one attached hydrogen (secondary N) is 2. The van der Waals surface area contributed by atoms with Gasteiger partial charge in [0, 0.05) is 35.5 Å². The molecule has 2 aromatic rings. The molecule has 2 rings (SSSR count). The predicted octanol–water partition coefficient (Wildman–Crippen LogP) is 4.24. The number of benzene rings is 1. The number of aromatic nitrogens is 2. The van der Waals surface area contributed by atoms with Crippen LogP contribution in [-0.2, 0) is 12.6 Å². The number of rotatable bonds is 5. The van der Waals surface area contributed by atoms with Crippen LogP contribution in [0, 0.1) is 0 Å². The molecule has 0 unspecified atom stereocenters. The number of imidazole rings is 1. The Morgan fingerprint density at radius 3 is 2.75 bits per heavy atom. The van der Waals surface area contributed by atoms with Crippen molar-refractivity contribution in [3.63, 3.8) is 0 Å². The van der Waals surface area contributed by atoms with Gasteiger partial charge >= 0.3 is 6.18 Å². The molecular formula is C13H13BrF3N3. The highest BCUT2D eigenvalue weighted by Crippen LogP contribution is 2.36. The van der Waals surface area contributed by atoms with Gasteiger partial charge in [0.1, 0.15) is 5.82 Å². The number of aromatic amines is 1. The molecular weight excluding hydrogens is 335 g/mol. The first kappa shape index (κ1) is 14.9. The van der Waals surface area contributed by atoms with Crippen LogP contribution in [0.5, 0.6) is 0 Å². The molecule has 0 saturated carbocycles. The van der Waals surface area contributed by atoms with E-state index in [1.807, 2.05) is 0 Å². The topological polar surface area (TPSA) is 40.7 Å². The maximum Gasteiger partial charge on any atom is 0.418 e. The van der Waals surface area contributed by atoms with Gasteiger partial charge in [0.25, 0.3) is 0 Å². The van der Waals surface area contributed by atoms with Crippen molar-refractivity contribution in [1.29, 1.82) is 0 Å². The van der Waals surface area contributed by atoms with E-state index < -0.39 is 11.7 Å². The summed E-state index contributed by atoms with van der Waals surface area (Å²) >= 11 is 3.18. The highest BCUT2D eigenvalue weighted by atomic mass is 79.9. The number of hydrogen-bond acceptors (Lipinski definition) is 2. The molecule has 0 bridgehead atoms. The van der Waals surface area contributed by atoms with Crippen molar-refractivity contribution < 1.29 is 13.2 Å². The first-order valence-electron chi connectivity index (χ1n) is 6.05. The summed E-state index contributed by atoms with van der Waals surface area (Å²) in [5.41, 5.74) is -0.565. The Labute approximate surface area is 122 Å². The summed E-state index contributed by atoms with van der Waals surface area (Å²) < 4.78 is 39.1. The normalized spacial score (nSPS) is 11.6. The van der Waals surface area contributed by atoms with E-state index in [4.69, 9.17) is 0 Å². The van der Waals surface area contributed by atoms with Gasteiger partial charge in [-0.05, 0) is 24.6 Å². The van der Waals surface area contributed by atoms with Crippen molar-refractivity contribution in [2.75, 3.05) is 11.9 Å². The standard InChI is InChI=1S/C13H13BrF3N3/c14-9-3-4-10(13(15,16)17)11(8-9)18-5-1-2-12-19-6-7-20-12/h3-4,6-8,18H,1-2,5H2,(H,19,20). The van der Waals surface area contributed by atoms with E-state index in [-0.39, 0.29) is 5.69 Å². The summed E-state index contributed by atoms with van der Waals surface area (Å²) in [6, 6.07) is 3.89. The second kappa shape index (κ2) is 6.30. The Balaban J connectivity index is 1.96. The molecule has 0 radical (unpaired) electrons. The molecule has 0 saturated heterocycles. The fraction of sp³-hybridized carbons (Fsp3) is 0.308. The third kappa shape index (κ3) is 4.00. The zero-order chi connectivity index (χ0) is 14.6. The minimum Gasteiger partial charge on any atom is -0.385 e. The Kier molecular flexibility index (Phi) is 4.69.